The summed E-state index contributed by atoms with van der Waals surface area (Å²) < 4.78 is 5.29. The minimum atomic E-state index is -0.468. The summed E-state index contributed by atoms with van der Waals surface area (Å²) in [5, 5.41) is 9.34. The fourth-order valence-electron chi connectivity index (χ4n) is 3.23. The molecule has 3 unspecified atom stereocenters. The lowest BCUT2D eigenvalue weighted by atomic mass is 9.84. The van der Waals surface area contributed by atoms with Gasteiger partial charge in [-0.1, -0.05) is 12.8 Å². The average molecular weight is 311 g/mol. The molecule has 1 saturated carbocycles. The van der Waals surface area contributed by atoms with Gasteiger partial charge in [0.1, 0.15) is 5.60 Å². The van der Waals surface area contributed by atoms with E-state index >= 15 is 0 Å². The third-order valence-electron chi connectivity index (χ3n) is 4.24. The molecule has 2 rings (SSSR count). The van der Waals surface area contributed by atoms with Gasteiger partial charge in [0.2, 0.25) is 5.91 Å². The number of alkyl carbamates (subject to hydrolysis) is 1. The van der Waals surface area contributed by atoms with Crippen LogP contribution in [0.15, 0.2) is 0 Å². The molecule has 2 aliphatic rings. The van der Waals surface area contributed by atoms with Crippen molar-refractivity contribution in [3.8, 4) is 0 Å². The van der Waals surface area contributed by atoms with Crippen LogP contribution in [0.25, 0.3) is 0 Å². The Kier molecular flexibility index (Phi) is 5.67. The molecule has 126 valence electrons. The molecule has 6 nitrogen and oxygen atoms in total. The van der Waals surface area contributed by atoms with Crippen LogP contribution >= 0.6 is 0 Å². The maximum atomic E-state index is 11.8. The first-order valence-electron chi connectivity index (χ1n) is 8.33. The van der Waals surface area contributed by atoms with Crippen LogP contribution in [-0.2, 0) is 9.53 Å². The van der Waals surface area contributed by atoms with Crippen LogP contribution in [0.1, 0.15) is 52.9 Å². The number of amides is 2. The molecular formula is C16H29N3O3. The highest BCUT2D eigenvalue weighted by Crippen LogP contribution is 2.25. The first kappa shape index (κ1) is 17.1. The molecule has 1 saturated heterocycles. The molecule has 3 atom stereocenters. The smallest absolute Gasteiger partial charge is 0.407 e. The van der Waals surface area contributed by atoms with E-state index in [4.69, 9.17) is 4.74 Å². The zero-order valence-corrected chi connectivity index (χ0v) is 13.9. The lowest BCUT2D eigenvalue weighted by Gasteiger charge is -2.34. The van der Waals surface area contributed by atoms with Gasteiger partial charge in [0.15, 0.2) is 0 Å². The van der Waals surface area contributed by atoms with E-state index in [-0.39, 0.29) is 18.0 Å². The zero-order chi connectivity index (χ0) is 16.2. The normalized spacial score (nSPS) is 29.0. The van der Waals surface area contributed by atoms with Crippen molar-refractivity contribution in [3.63, 3.8) is 0 Å². The highest BCUT2D eigenvalue weighted by Gasteiger charge is 2.30. The van der Waals surface area contributed by atoms with Crippen LogP contribution in [0.5, 0.6) is 0 Å². The fraction of sp³-hybridized carbons (Fsp3) is 0.875. The molecule has 1 aliphatic carbocycles. The Hall–Kier alpha value is -1.30. The number of nitrogens with one attached hydrogen (secondary N) is 3. The maximum absolute atomic E-state index is 11.8. The molecular weight excluding hydrogens is 282 g/mol. The second-order valence-corrected chi connectivity index (χ2v) is 7.41. The van der Waals surface area contributed by atoms with Gasteiger partial charge < -0.3 is 20.7 Å². The van der Waals surface area contributed by atoms with Gasteiger partial charge in [0.25, 0.3) is 0 Å². The molecule has 1 aliphatic heterocycles. The Balaban J connectivity index is 1.79. The fourth-order valence-corrected chi connectivity index (χ4v) is 3.23. The van der Waals surface area contributed by atoms with Crippen LogP contribution in [-0.4, -0.2) is 42.8 Å². The predicted molar refractivity (Wildman–Crippen MR) is 84.5 cm³/mol. The van der Waals surface area contributed by atoms with Crippen molar-refractivity contribution in [1.82, 2.24) is 16.0 Å². The highest BCUT2D eigenvalue weighted by atomic mass is 16.6. The van der Waals surface area contributed by atoms with Gasteiger partial charge in [-0.2, -0.15) is 0 Å². The summed E-state index contributed by atoms with van der Waals surface area (Å²) in [6.07, 6.45) is 4.81. The van der Waals surface area contributed by atoms with Crippen molar-refractivity contribution in [2.45, 2.75) is 70.6 Å². The summed E-state index contributed by atoms with van der Waals surface area (Å²) in [4.78, 5) is 23.1. The second kappa shape index (κ2) is 7.31. The quantitative estimate of drug-likeness (QED) is 0.736. The van der Waals surface area contributed by atoms with Gasteiger partial charge in [-0.15, -0.1) is 0 Å². The highest BCUT2D eigenvalue weighted by molar-refractivity contribution is 5.78. The third kappa shape index (κ3) is 5.48. The Labute approximate surface area is 132 Å². The standard InChI is InChI=1S/C16H29N3O3/c1-16(2,3)22-15(21)18-9-11-6-4-5-7-13(11)19-12-8-14(20)17-10-12/h11-13,19H,4-10H2,1-3H3,(H,17,20)(H,18,21). The largest absolute Gasteiger partial charge is 0.444 e. The number of hydrogen-bond donors (Lipinski definition) is 3. The molecule has 0 bridgehead atoms. The second-order valence-electron chi connectivity index (χ2n) is 7.41. The maximum Gasteiger partial charge on any atom is 0.407 e. The Morgan fingerprint density at radius 2 is 2.05 bits per heavy atom. The van der Waals surface area contributed by atoms with Crippen LogP contribution in [0.4, 0.5) is 4.79 Å². The van der Waals surface area contributed by atoms with E-state index in [9.17, 15) is 9.59 Å². The molecule has 0 aromatic rings. The Morgan fingerprint density at radius 1 is 1.32 bits per heavy atom. The van der Waals surface area contributed by atoms with Gasteiger partial charge in [-0.25, -0.2) is 4.79 Å². The molecule has 0 aromatic carbocycles. The average Bonchev–Trinajstić information content (AvgIpc) is 2.81. The van der Waals surface area contributed by atoms with Crippen LogP contribution < -0.4 is 16.0 Å². The minimum Gasteiger partial charge on any atom is -0.444 e. The zero-order valence-electron chi connectivity index (χ0n) is 13.9. The van der Waals surface area contributed by atoms with E-state index in [1.54, 1.807) is 0 Å². The number of ether oxygens (including phenoxy) is 1. The van der Waals surface area contributed by atoms with Crippen LogP contribution in [0.3, 0.4) is 0 Å². The van der Waals surface area contributed by atoms with E-state index < -0.39 is 5.60 Å². The van der Waals surface area contributed by atoms with Crippen molar-refractivity contribution in [1.29, 1.82) is 0 Å². The number of hydrogen-bond acceptors (Lipinski definition) is 4. The monoisotopic (exact) mass is 311 g/mol. The van der Waals surface area contributed by atoms with Gasteiger partial charge >= 0.3 is 6.09 Å². The molecule has 0 radical (unpaired) electrons. The van der Waals surface area contributed by atoms with Crippen molar-refractivity contribution >= 4 is 12.0 Å². The summed E-state index contributed by atoms with van der Waals surface area (Å²) in [7, 11) is 0. The van der Waals surface area contributed by atoms with Gasteiger partial charge in [0.05, 0.1) is 0 Å². The lowest BCUT2D eigenvalue weighted by Crippen LogP contribution is -2.49. The van der Waals surface area contributed by atoms with E-state index in [1.807, 2.05) is 20.8 Å². The van der Waals surface area contributed by atoms with Crippen LogP contribution in [0, 0.1) is 5.92 Å². The lowest BCUT2D eigenvalue weighted by molar-refractivity contribution is -0.119. The van der Waals surface area contributed by atoms with E-state index in [0.29, 0.717) is 31.5 Å². The summed E-state index contributed by atoms with van der Waals surface area (Å²) in [5.41, 5.74) is -0.468. The molecule has 22 heavy (non-hydrogen) atoms. The van der Waals surface area contributed by atoms with Crippen LogP contribution in [0.2, 0.25) is 0 Å². The minimum absolute atomic E-state index is 0.122. The molecule has 6 heteroatoms. The summed E-state index contributed by atoms with van der Waals surface area (Å²) in [5.74, 6) is 0.522. The summed E-state index contributed by atoms with van der Waals surface area (Å²) >= 11 is 0. The third-order valence-corrected chi connectivity index (χ3v) is 4.24. The number of rotatable bonds is 4. The topological polar surface area (TPSA) is 79.5 Å². The van der Waals surface area contributed by atoms with Gasteiger partial charge in [-0.3, -0.25) is 4.79 Å². The molecule has 0 spiro atoms. The first-order valence-corrected chi connectivity index (χ1v) is 8.33. The van der Waals surface area contributed by atoms with Gasteiger partial charge in [0, 0.05) is 31.6 Å². The number of carbonyl (C=O) groups excluding carboxylic acids is 2. The number of carbonyl (C=O) groups is 2. The Morgan fingerprint density at radius 3 is 2.68 bits per heavy atom. The van der Waals surface area contributed by atoms with E-state index in [2.05, 4.69) is 16.0 Å². The van der Waals surface area contributed by atoms with Gasteiger partial charge in [-0.05, 0) is 39.5 Å². The Bertz CT molecular complexity index is 406. The van der Waals surface area contributed by atoms with E-state index in [0.717, 1.165) is 12.8 Å². The van der Waals surface area contributed by atoms with Crippen molar-refractivity contribution < 1.29 is 14.3 Å². The first-order chi connectivity index (χ1) is 10.3. The molecule has 2 amide bonds. The molecule has 1 heterocycles. The van der Waals surface area contributed by atoms with E-state index in [1.165, 1.54) is 12.8 Å². The van der Waals surface area contributed by atoms with Crippen molar-refractivity contribution in [2.24, 2.45) is 5.92 Å². The van der Waals surface area contributed by atoms with Crippen molar-refractivity contribution in [2.75, 3.05) is 13.1 Å². The van der Waals surface area contributed by atoms with Crippen molar-refractivity contribution in [3.05, 3.63) is 0 Å². The summed E-state index contributed by atoms with van der Waals surface area (Å²) in [6, 6.07) is 0.584. The molecule has 0 aromatic heterocycles. The predicted octanol–water partition coefficient (Wildman–Crippen LogP) is 1.55. The SMILES string of the molecule is CC(C)(C)OC(=O)NCC1CCCCC1NC1CNC(=O)C1. The molecule has 2 fully saturated rings. The molecule has 3 N–H and O–H groups in total. The summed E-state index contributed by atoms with van der Waals surface area (Å²) in [6.45, 7) is 6.92.